The van der Waals surface area contributed by atoms with Crippen molar-refractivity contribution in [2.24, 2.45) is 7.05 Å². The zero-order valence-electron chi connectivity index (χ0n) is 10.8. The SMILES string of the molecule is CCNCc1cc(S(=O)(=O)Nc2ccn(C)n2)c[nH]1. The van der Waals surface area contributed by atoms with E-state index in [0.717, 1.165) is 12.2 Å². The summed E-state index contributed by atoms with van der Waals surface area (Å²) in [5, 5.41) is 7.10. The monoisotopic (exact) mass is 283 g/mol. The van der Waals surface area contributed by atoms with Crippen molar-refractivity contribution in [1.29, 1.82) is 0 Å². The number of nitrogens with one attached hydrogen (secondary N) is 3. The summed E-state index contributed by atoms with van der Waals surface area (Å²) in [6.07, 6.45) is 3.14. The zero-order valence-corrected chi connectivity index (χ0v) is 11.7. The molecule has 0 spiro atoms. The van der Waals surface area contributed by atoms with E-state index in [0.29, 0.717) is 12.4 Å². The fourth-order valence-corrected chi connectivity index (χ4v) is 2.62. The summed E-state index contributed by atoms with van der Waals surface area (Å²) in [5.74, 6) is 0.303. The summed E-state index contributed by atoms with van der Waals surface area (Å²) in [7, 11) is -1.86. The van der Waals surface area contributed by atoms with E-state index in [1.54, 1.807) is 25.4 Å². The van der Waals surface area contributed by atoms with E-state index in [1.165, 1.54) is 10.9 Å². The molecule has 19 heavy (non-hydrogen) atoms. The standard InChI is InChI=1S/C11H17N5O2S/c1-3-12-7-9-6-10(8-13-9)19(17,18)15-11-4-5-16(2)14-11/h4-6,8,12-13H,3,7H2,1-2H3,(H,14,15). The lowest BCUT2D eigenvalue weighted by Crippen LogP contribution is -2.13. The Morgan fingerprint density at radius 3 is 2.89 bits per heavy atom. The fraction of sp³-hybridized carbons (Fsp3) is 0.364. The summed E-state index contributed by atoms with van der Waals surface area (Å²) in [4.78, 5) is 3.13. The highest BCUT2D eigenvalue weighted by Crippen LogP contribution is 2.15. The molecule has 0 atom stereocenters. The Balaban J connectivity index is 2.13. The normalized spacial score (nSPS) is 11.7. The molecule has 0 amide bonds. The van der Waals surface area contributed by atoms with Crippen LogP contribution in [0.4, 0.5) is 5.82 Å². The largest absolute Gasteiger partial charge is 0.363 e. The van der Waals surface area contributed by atoms with Gasteiger partial charge in [0.25, 0.3) is 10.0 Å². The average molecular weight is 283 g/mol. The summed E-state index contributed by atoms with van der Waals surface area (Å²) >= 11 is 0. The van der Waals surface area contributed by atoms with Crippen LogP contribution in [0.15, 0.2) is 29.4 Å². The van der Waals surface area contributed by atoms with Crippen LogP contribution >= 0.6 is 0 Å². The van der Waals surface area contributed by atoms with Gasteiger partial charge < -0.3 is 10.3 Å². The molecule has 2 aromatic heterocycles. The van der Waals surface area contributed by atoms with Gasteiger partial charge in [-0.1, -0.05) is 6.92 Å². The van der Waals surface area contributed by atoms with Gasteiger partial charge in [0.05, 0.1) is 0 Å². The van der Waals surface area contributed by atoms with Crippen molar-refractivity contribution >= 4 is 15.8 Å². The van der Waals surface area contributed by atoms with Crippen LogP contribution in [0.5, 0.6) is 0 Å². The smallest absolute Gasteiger partial charge is 0.264 e. The summed E-state index contributed by atoms with van der Waals surface area (Å²) in [5.41, 5.74) is 0.822. The third kappa shape index (κ3) is 3.36. The van der Waals surface area contributed by atoms with Crippen LogP contribution in [0.2, 0.25) is 0 Å². The number of hydrogen-bond acceptors (Lipinski definition) is 4. The summed E-state index contributed by atoms with van der Waals surface area (Å²) < 4.78 is 28.2. The highest BCUT2D eigenvalue weighted by atomic mass is 32.2. The number of rotatable bonds is 6. The fourth-order valence-electron chi connectivity index (χ4n) is 1.60. The van der Waals surface area contributed by atoms with Crippen LogP contribution in [-0.4, -0.2) is 29.7 Å². The molecule has 0 fully saturated rings. The van der Waals surface area contributed by atoms with E-state index in [1.807, 2.05) is 6.92 Å². The maximum atomic E-state index is 12.1. The van der Waals surface area contributed by atoms with Crippen LogP contribution in [0.3, 0.4) is 0 Å². The molecule has 0 saturated heterocycles. The molecule has 7 nitrogen and oxygen atoms in total. The molecule has 2 aromatic rings. The molecule has 0 unspecified atom stereocenters. The number of anilines is 1. The zero-order chi connectivity index (χ0) is 13.9. The molecular weight excluding hydrogens is 266 g/mol. The quantitative estimate of drug-likeness (QED) is 0.726. The van der Waals surface area contributed by atoms with Gasteiger partial charge >= 0.3 is 0 Å². The van der Waals surface area contributed by atoms with Crippen molar-refractivity contribution in [2.75, 3.05) is 11.3 Å². The van der Waals surface area contributed by atoms with Crippen LogP contribution in [-0.2, 0) is 23.6 Å². The number of aryl methyl sites for hydroxylation is 1. The first-order valence-corrected chi connectivity index (χ1v) is 7.40. The van der Waals surface area contributed by atoms with Crippen molar-refractivity contribution in [1.82, 2.24) is 20.1 Å². The molecule has 2 rings (SSSR count). The number of hydrogen-bond donors (Lipinski definition) is 3. The van der Waals surface area contributed by atoms with Crippen LogP contribution in [0, 0.1) is 0 Å². The second-order valence-corrected chi connectivity index (χ2v) is 5.80. The number of H-pyrrole nitrogens is 1. The predicted molar refractivity (Wildman–Crippen MR) is 72.2 cm³/mol. The van der Waals surface area contributed by atoms with Gasteiger partial charge in [0.1, 0.15) is 4.90 Å². The van der Waals surface area contributed by atoms with Gasteiger partial charge in [0.2, 0.25) is 0 Å². The Bertz CT molecular complexity index is 644. The highest BCUT2D eigenvalue weighted by Gasteiger charge is 2.17. The average Bonchev–Trinajstić information content (AvgIpc) is 2.95. The topological polar surface area (TPSA) is 91.8 Å². The van der Waals surface area contributed by atoms with E-state index in [2.05, 4.69) is 20.1 Å². The minimum atomic E-state index is -3.59. The molecule has 104 valence electrons. The first-order valence-electron chi connectivity index (χ1n) is 5.92. The van der Waals surface area contributed by atoms with Crippen molar-refractivity contribution in [3.8, 4) is 0 Å². The lowest BCUT2D eigenvalue weighted by Gasteiger charge is -2.02. The Morgan fingerprint density at radius 1 is 1.47 bits per heavy atom. The Kier molecular flexibility index (Phi) is 3.91. The molecule has 8 heteroatoms. The minimum absolute atomic E-state index is 0.200. The number of aromatic nitrogens is 3. The Morgan fingerprint density at radius 2 is 2.26 bits per heavy atom. The number of aromatic amines is 1. The van der Waals surface area contributed by atoms with Gasteiger partial charge in [0.15, 0.2) is 5.82 Å². The summed E-state index contributed by atoms with van der Waals surface area (Å²) in [6, 6.07) is 3.21. The van der Waals surface area contributed by atoms with E-state index < -0.39 is 10.0 Å². The molecule has 0 aromatic carbocycles. The highest BCUT2D eigenvalue weighted by molar-refractivity contribution is 7.92. The first kappa shape index (κ1) is 13.6. The molecule has 0 aliphatic carbocycles. The molecule has 0 aliphatic rings. The van der Waals surface area contributed by atoms with Gasteiger partial charge in [-0.05, 0) is 12.6 Å². The second kappa shape index (κ2) is 5.45. The van der Waals surface area contributed by atoms with E-state index in [-0.39, 0.29) is 4.90 Å². The molecular formula is C11H17N5O2S. The van der Waals surface area contributed by atoms with Crippen LogP contribution in [0.1, 0.15) is 12.6 Å². The Labute approximate surface area is 112 Å². The summed E-state index contributed by atoms with van der Waals surface area (Å²) in [6.45, 7) is 3.42. The molecule has 0 aliphatic heterocycles. The molecule has 2 heterocycles. The molecule has 0 bridgehead atoms. The van der Waals surface area contributed by atoms with Crippen LogP contribution in [0.25, 0.3) is 0 Å². The van der Waals surface area contributed by atoms with Crippen molar-refractivity contribution in [3.63, 3.8) is 0 Å². The number of sulfonamides is 1. The third-order valence-corrected chi connectivity index (χ3v) is 3.88. The van der Waals surface area contributed by atoms with Crippen molar-refractivity contribution in [3.05, 3.63) is 30.2 Å². The van der Waals surface area contributed by atoms with Crippen molar-refractivity contribution < 1.29 is 8.42 Å². The minimum Gasteiger partial charge on any atom is -0.363 e. The predicted octanol–water partition coefficient (Wildman–Crippen LogP) is 0.658. The maximum Gasteiger partial charge on any atom is 0.264 e. The van der Waals surface area contributed by atoms with Crippen LogP contribution < -0.4 is 10.0 Å². The molecule has 0 radical (unpaired) electrons. The molecule has 3 N–H and O–H groups in total. The third-order valence-electron chi connectivity index (χ3n) is 2.54. The maximum absolute atomic E-state index is 12.1. The second-order valence-electron chi connectivity index (χ2n) is 4.12. The van der Waals surface area contributed by atoms with Gasteiger partial charge in [-0.25, -0.2) is 8.42 Å². The molecule has 0 saturated carbocycles. The van der Waals surface area contributed by atoms with Crippen molar-refractivity contribution in [2.45, 2.75) is 18.4 Å². The first-order chi connectivity index (χ1) is 9.01. The van der Waals surface area contributed by atoms with Gasteiger partial charge in [0, 0.05) is 37.7 Å². The van der Waals surface area contributed by atoms with E-state index >= 15 is 0 Å². The van der Waals surface area contributed by atoms with E-state index in [4.69, 9.17) is 0 Å². The van der Waals surface area contributed by atoms with Gasteiger partial charge in [-0.15, -0.1) is 0 Å². The van der Waals surface area contributed by atoms with E-state index in [9.17, 15) is 8.42 Å². The number of nitrogens with zero attached hydrogens (tertiary/aromatic N) is 2. The lowest BCUT2D eigenvalue weighted by molar-refractivity contribution is 0.601. The lowest BCUT2D eigenvalue weighted by atomic mass is 10.4. The van der Waals surface area contributed by atoms with Gasteiger partial charge in [-0.3, -0.25) is 9.40 Å². The van der Waals surface area contributed by atoms with Gasteiger partial charge in [-0.2, -0.15) is 5.10 Å². The Hall–Kier alpha value is -1.80.